The van der Waals surface area contributed by atoms with Crippen LogP contribution in [-0.4, -0.2) is 69.8 Å². The summed E-state index contributed by atoms with van der Waals surface area (Å²) in [5.41, 5.74) is 1.92. The summed E-state index contributed by atoms with van der Waals surface area (Å²) >= 11 is 0. The summed E-state index contributed by atoms with van der Waals surface area (Å²) in [6.07, 6.45) is 0.781. The van der Waals surface area contributed by atoms with Gasteiger partial charge in [-0.1, -0.05) is 17.3 Å². The molecule has 1 amide bonds. The van der Waals surface area contributed by atoms with Gasteiger partial charge in [0.1, 0.15) is 18.0 Å². The van der Waals surface area contributed by atoms with Crippen LogP contribution in [0.1, 0.15) is 30.6 Å². The molecule has 2 aromatic carbocycles. The highest BCUT2D eigenvalue weighted by atomic mass is 19.1. The quantitative estimate of drug-likeness (QED) is 0.356. The lowest BCUT2D eigenvalue weighted by Crippen LogP contribution is -2.60. The molecule has 1 fully saturated rings. The van der Waals surface area contributed by atoms with Crippen LogP contribution in [0.3, 0.4) is 0 Å². The molecule has 5 rings (SSSR count). The first-order chi connectivity index (χ1) is 17.3. The number of benzene rings is 2. The zero-order valence-electron chi connectivity index (χ0n) is 20.2. The number of halogens is 1. The van der Waals surface area contributed by atoms with Gasteiger partial charge >= 0.3 is 0 Å². The van der Waals surface area contributed by atoms with Gasteiger partial charge in [0, 0.05) is 42.3 Å². The Morgan fingerprint density at radius 1 is 1.25 bits per heavy atom. The van der Waals surface area contributed by atoms with Gasteiger partial charge in [-0.2, -0.15) is 5.10 Å². The number of aromatic amines is 1. The fraction of sp³-hybridized carbons (Fsp3) is 0.346. The molecule has 2 aromatic heterocycles. The maximum Gasteiger partial charge on any atom is 0.254 e. The number of carbonyl (C=O) groups is 1. The normalized spacial score (nSPS) is 15.8. The maximum absolute atomic E-state index is 14.6. The van der Waals surface area contributed by atoms with Crippen LogP contribution in [0.15, 0.2) is 47.0 Å². The third-order valence-electron chi connectivity index (χ3n) is 6.43. The Morgan fingerprint density at radius 2 is 2.03 bits per heavy atom. The number of hydrogen-bond acceptors (Lipinski definition) is 7. The van der Waals surface area contributed by atoms with E-state index >= 15 is 0 Å². The van der Waals surface area contributed by atoms with Crippen molar-refractivity contribution in [2.45, 2.75) is 31.9 Å². The lowest BCUT2D eigenvalue weighted by molar-refractivity contribution is -0.0550. The topological polar surface area (TPSA) is 114 Å². The Labute approximate surface area is 206 Å². The van der Waals surface area contributed by atoms with Crippen LogP contribution in [0.4, 0.5) is 4.39 Å². The number of nitrogens with zero attached hydrogens (tertiary/aromatic N) is 3. The minimum Gasteiger partial charge on any atom is -0.488 e. The standard InChI is InChI=1S/C26H27FN4O5/c1-26(2,33)23-8-9-31(23)25(32)16-6-4-15(5-7-16)19-13-22(36-30-19)24-17-12-18(27)21(35-11-10-34-3)14-20(17)28-29-24/h4-7,12-14,23,33H,8-11H2,1-3H3,(H,28,29). The van der Waals surface area contributed by atoms with E-state index in [2.05, 4.69) is 15.4 Å². The summed E-state index contributed by atoms with van der Waals surface area (Å²) < 4.78 is 30.4. The third-order valence-corrected chi connectivity index (χ3v) is 6.43. The molecule has 4 aromatic rings. The highest BCUT2D eigenvalue weighted by Crippen LogP contribution is 2.33. The average molecular weight is 495 g/mol. The smallest absolute Gasteiger partial charge is 0.254 e. The van der Waals surface area contributed by atoms with Crippen LogP contribution >= 0.6 is 0 Å². The minimum absolute atomic E-state index is 0.106. The summed E-state index contributed by atoms with van der Waals surface area (Å²) in [6.45, 7) is 4.64. The molecule has 0 spiro atoms. The Kier molecular flexibility index (Phi) is 6.23. The molecular weight excluding hydrogens is 467 g/mol. The molecule has 36 heavy (non-hydrogen) atoms. The van der Waals surface area contributed by atoms with Crippen LogP contribution in [0, 0.1) is 5.82 Å². The van der Waals surface area contributed by atoms with Crippen molar-refractivity contribution in [3.05, 3.63) is 53.8 Å². The highest BCUT2D eigenvalue weighted by Gasteiger charge is 2.41. The fourth-order valence-electron chi connectivity index (χ4n) is 4.39. The van der Waals surface area contributed by atoms with Gasteiger partial charge < -0.3 is 24.0 Å². The molecule has 9 nitrogen and oxygen atoms in total. The van der Waals surface area contributed by atoms with E-state index in [1.54, 1.807) is 62.3 Å². The van der Waals surface area contributed by atoms with Crippen molar-refractivity contribution in [1.82, 2.24) is 20.3 Å². The molecule has 0 radical (unpaired) electrons. The number of methoxy groups -OCH3 is 1. The van der Waals surface area contributed by atoms with Gasteiger partial charge in [0.25, 0.3) is 5.91 Å². The van der Waals surface area contributed by atoms with Gasteiger partial charge in [-0.15, -0.1) is 0 Å². The Balaban J connectivity index is 1.34. The van der Waals surface area contributed by atoms with Crippen LogP contribution in [0.5, 0.6) is 5.75 Å². The number of aliphatic hydroxyl groups is 1. The second-order valence-corrected chi connectivity index (χ2v) is 9.35. The maximum atomic E-state index is 14.6. The molecule has 1 saturated heterocycles. The van der Waals surface area contributed by atoms with E-state index in [4.69, 9.17) is 14.0 Å². The predicted octanol–water partition coefficient (Wildman–Crippen LogP) is 4.03. The zero-order chi connectivity index (χ0) is 25.4. The van der Waals surface area contributed by atoms with E-state index in [1.165, 1.54) is 6.07 Å². The monoisotopic (exact) mass is 494 g/mol. The number of hydrogen-bond donors (Lipinski definition) is 2. The first kappa shape index (κ1) is 24.0. The molecule has 1 aliphatic heterocycles. The number of amides is 1. The van der Waals surface area contributed by atoms with Crippen molar-refractivity contribution in [2.75, 3.05) is 26.9 Å². The van der Waals surface area contributed by atoms with E-state index in [0.29, 0.717) is 46.8 Å². The van der Waals surface area contributed by atoms with Crippen molar-refractivity contribution in [3.8, 4) is 28.5 Å². The van der Waals surface area contributed by atoms with Gasteiger partial charge in [0.05, 0.1) is 23.8 Å². The zero-order valence-corrected chi connectivity index (χ0v) is 20.2. The van der Waals surface area contributed by atoms with Gasteiger partial charge in [-0.3, -0.25) is 9.89 Å². The summed E-state index contributed by atoms with van der Waals surface area (Å²) in [4.78, 5) is 14.6. The Hall–Kier alpha value is -3.76. The number of carbonyl (C=O) groups excluding carboxylic acids is 1. The van der Waals surface area contributed by atoms with Crippen molar-refractivity contribution < 1.29 is 28.3 Å². The molecule has 1 unspecified atom stereocenters. The number of aromatic nitrogens is 3. The number of fused-ring (bicyclic) bond motifs is 1. The molecule has 1 atom stereocenters. The van der Waals surface area contributed by atoms with Gasteiger partial charge in [0.15, 0.2) is 17.3 Å². The molecule has 2 N–H and O–H groups in total. The van der Waals surface area contributed by atoms with Crippen molar-refractivity contribution in [3.63, 3.8) is 0 Å². The van der Waals surface area contributed by atoms with Crippen LogP contribution in [0.2, 0.25) is 0 Å². The molecule has 0 saturated carbocycles. The highest BCUT2D eigenvalue weighted by molar-refractivity contribution is 5.96. The first-order valence-electron chi connectivity index (χ1n) is 11.7. The van der Waals surface area contributed by atoms with E-state index in [1.807, 2.05) is 0 Å². The van der Waals surface area contributed by atoms with Crippen LogP contribution in [-0.2, 0) is 4.74 Å². The summed E-state index contributed by atoms with van der Waals surface area (Å²) in [5, 5.41) is 22.1. The van der Waals surface area contributed by atoms with E-state index in [0.717, 1.165) is 12.0 Å². The Morgan fingerprint density at radius 3 is 2.69 bits per heavy atom. The van der Waals surface area contributed by atoms with Gasteiger partial charge in [-0.05, 0) is 38.5 Å². The number of nitrogens with one attached hydrogen (secondary N) is 1. The molecule has 1 aliphatic rings. The molecule has 188 valence electrons. The SMILES string of the molecule is COCCOc1cc2[nH]nc(-c3cc(-c4ccc(C(=O)N5CCC5C(C)(C)O)cc4)no3)c2cc1F. The third kappa shape index (κ3) is 4.45. The largest absolute Gasteiger partial charge is 0.488 e. The first-order valence-corrected chi connectivity index (χ1v) is 11.7. The van der Waals surface area contributed by atoms with Gasteiger partial charge in [0.2, 0.25) is 0 Å². The van der Waals surface area contributed by atoms with E-state index in [9.17, 15) is 14.3 Å². The lowest BCUT2D eigenvalue weighted by atomic mass is 9.87. The number of ether oxygens (including phenoxy) is 2. The molecule has 0 bridgehead atoms. The number of H-pyrrole nitrogens is 1. The van der Waals surface area contributed by atoms with Crippen molar-refractivity contribution in [2.24, 2.45) is 0 Å². The number of likely N-dealkylation sites (tertiary alicyclic amines) is 1. The number of rotatable bonds is 8. The average Bonchev–Trinajstić information content (AvgIpc) is 3.44. The summed E-state index contributed by atoms with van der Waals surface area (Å²) in [5.74, 6) is -0.154. The van der Waals surface area contributed by atoms with Gasteiger partial charge in [-0.25, -0.2) is 4.39 Å². The van der Waals surface area contributed by atoms with Crippen molar-refractivity contribution in [1.29, 1.82) is 0 Å². The second kappa shape index (κ2) is 9.36. The van der Waals surface area contributed by atoms with Crippen LogP contribution in [0.25, 0.3) is 33.6 Å². The Bertz CT molecular complexity index is 1390. The molecule has 0 aliphatic carbocycles. The minimum atomic E-state index is -0.942. The lowest BCUT2D eigenvalue weighted by Gasteiger charge is -2.47. The summed E-state index contributed by atoms with van der Waals surface area (Å²) in [6, 6.07) is 11.5. The second-order valence-electron chi connectivity index (χ2n) is 9.35. The molecular formula is C26H27FN4O5. The van der Waals surface area contributed by atoms with Crippen LogP contribution < -0.4 is 4.74 Å². The van der Waals surface area contributed by atoms with Crippen molar-refractivity contribution >= 4 is 16.8 Å². The van der Waals surface area contributed by atoms with E-state index in [-0.39, 0.29) is 24.3 Å². The van der Waals surface area contributed by atoms with E-state index < -0.39 is 11.4 Å². The fourth-order valence-corrected chi connectivity index (χ4v) is 4.39. The predicted molar refractivity (Wildman–Crippen MR) is 130 cm³/mol. The molecule has 10 heteroatoms. The summed E-state index contributed by atoms with van der Waals surface area (Å²) in [7, 11) is 1.55. The molecule has 3 heterocycles.